The third-order valence-corrected chi connectivity index (χ3v) is 5.19. The number of pyridine rings is 1. The van der Waals surface area contributed by atoms with Crippen LogP contribution in [0.15, 0.2) is 42.9 Å². The molecule has 1 aliphatic heterocycles. The molecule has 6 heteroatoms. The molecule has 1 aromatic carbocycles. The Morgan fingerprint density at radius 3 is 2.68 bits per heavy atom. The highest BCUT2D eigenvalue weighted by molar-refractivity contribution is 5.54. The summed E-state index contributed by atoms with van der Waals surface area (Å²) in [6.07, 6.45) is 6.41. The number of hydrogen-bond acceptors (Lipinski definition) is 6. The maximum atomic E-state index is 5.61. The summed E-state index contributed by atoms with van der Waals surface area (Å²) < 4.78 is 11.0. The molecular formula is C22H24N4O2. The number of fused-ring (bicyclic) bond motifs is 1. The number of hydrogen-bond donors (Lipinski definition) is 0. The Hall–Kier alpha value is -2.99. The second kappa shape index (κ2) is 7.94. The number of rotatable bonds is 5. The first-order chi connectivity index (χ1) is 13.7. The summed E-state index contributed by atoms with van der Waals surface area (Å²) >= 11 is 0. The molecule has 0 fully saturated rings. The molecule has 6 nitrogen and oxygen atoms in total. The molecule has 2 aromatic heterocycles. The average molecular weight is 376 g/mol. The first kappa shape index (κ1) is 18.4. The highest BCUT2D eigenvalue weighted by Crippen LogP contribution is 2.31. The molecule has 0 saturated heterocycles. The largest absolute Gasteiger partial charge is 0.497 e. The number of nitrogens with zero attached hydrogens (tertiary/aromatic N) is 4. The highest BCUT2D eigenvalue weighted by atomic mass is 16.5. The zero-order valence-electron chi connectivity index (χ0n) is 16.5. The molecule has 4 rings (SSSR count). The molecule has 0 atom stereocenters. The van der Waals surface area contributed by atoms with Gasteiger partial charge in [0.05, 0.1) is 19.9 Å². The van der Waals surface area contributed by atoms with Crippen molar-refractivity contribution < 1.29 is 9.47 Å². The van der Waals surface area contributed by atoms with Crippen LogP contribution in [0.4, 0.5) is 0 Å². The van der Waals surface area contributed by atoms with Crippen molar-refractivity contribution in [2.24, 2.45) is 0 Å². The summed E-state index contributed by atoms with van der Waals surface area (Å²) in [5.74, 6) is 2.45. The number of aryl methyl sites for hydroxylation is 1. The van der Waals surface area contributed by atoms with Crippen molar-refractivity contribution in [1.29, 1.82) is 0 Å². The molecule has 0 unspecified atom stereocenters. The minimum Gasteiger partial charge on any atom is -0.497 e. The number of aromatic nitrogens is 3. The Morgan fingerprint density at radius 2 is 1.93 bits per heavy atom. The van der Waals surface area contributed by atoms with Gasteiger partial charge in [-0.2, -0.15) is 0 Å². The Bertz CT molecular complexity index is 976. The zero-order chi connectivity index (χ0) is 19.5. The van der Waals surface area contributed by atoms with E-state index < -0.39 is 0 Å². The fourth-order valence-electron chi connectivity index (χ4n) is 3.63. The normalized spacial score (nSPS) is 13.8. The van der Waals surface area contributed by atoms with Gasteiger partial charge in [-0.25, -0.2) is 9.97 Å². The van der Waals surface area contributed by atoms with Gasteiger partial charge in [0.15, 0.2) is 5.82 Å². The quantitative estimate of drug-likeness (QED) is 0.680. The van der Waals surface area contributed by atoms with E-state index >= 15 is 0 Å². The van der Waals surface area contributed by atoms with Crippen LogP contribution >= 0.6 is 0 Å². The molecule has 3 heterocycles. The van der Waals surface area contributed by atoms with Gasteiger partial charge < -0.3 is 9.47 Å². The SMILES string of the molecule is COc1cc(C)c(CN2CCc3nc(-c4ccncc4)ncc3C2)c(OC)c1. The highest BCUT2D eigenvalue weighted by Gasteiger charge is 2.21. The predicted octanol–water partition coefficient (Wildman–Crippen LogP) is 3.42. The average Bonchev–Trinajstić information content (AvgIpc) is 2.75. The van der Waals surface area contributed by atoms with Crippen LogP contribution in [0.3, 0.4) is 0 Å². The number of methoxy groups -OCH3 is 2. The van der Waals surface area contributed by atoms with Crippen LogP contribution in [0.1, 0.15) is 22.4 Å². The van der Waals surface area contributed by atoms with Gasteiger partial charge in [-0.05, 0) is 30.7 Å². The van der Waals surface area contributed by atoms with Gasteiger partial charge in [0.25, 0.3) is 0 Å². The zero-order valence-corrected chi connectivity index (χ0v) is 16.5. The molecule has 0 radical (unpaired) electrons. The summed E-state index contributed by atoms with van der Waals surface area (Å²) in [4.78, 5) is 15.8. The molecule has 0 N–H and O–H groups in total. The number of ether oxygens (including phenoxy) is 2. The molecule has 0 saturated carbocycles. The smallest absolute Gasteiger partial charge is 0.159 e. The molecular weight excluding hydrogens is 352 g/mol. The third-order valence-electron chi connectivity index (χ3n) is 5.19. The molecule has 0 bridgehead atoms. The molecule has 0 spiro atoms. The van der Waals surface area contributed by atoms with E-state index in [1.807, 2.05) is 24.4 Å². The lowest BCUT2D eigenvalue weighted by Gasteiger charge is -2.29. The van der Waals surface area contributed by atoms with E-state index in [9.17, 15) is 0 Å². The maximum absolute atomic E-state index is 5.61. The van der Waals surface area contributed by atoms with Crippen molar-refractivity contribution in [3.8, 4) is 22.9 Å². The van der Waals surface area contributed by atoms with E-state index in [0.29, 0.717) is 0 Å². The van der Waals surface area contributed by atoms with Gasteiger partial charge >= 0.3 is 0 Å². The summed E-state index contributed by atoms with van der Waals surface area (Å²) in [5.41, 5.74) is 5.69. The fourth-order valence-corrected chi connectivity index (χ4v) is 3.63. The van der Waals surface area contributed by atoms with E-state index in [1.165, 1.54) is 16.7 Å². The van der Waals surface area contributed by atoms with Crippen LogP contribution in [0.2, 0.25) is 0 Å². The second-order valence-electron chi connectivity index (χ2n) is 6.99. The second-order valence-corrected chi connectivity index (χ2v) is 6.99. The van der Waals surface area contributed by atoms with Gasteiger partial charge in [0.1, 0.15) is 11.5 Å². The van der Waals surface area contributed by atoms with E-state index in [-0.39, 0.29) is 0 Å². The molecule has 0 aliphatic carbocycles. The molecule has 3 aromatic rings. The van der Waals surface area contributed by atoms with Crippen molar-refractivity contribution in [3.05, 3.63) is 65.2 Å². The lowest BCUT2D eigenvalue weighted by molar-refractivity contribution is 0.238. The summed E-state index contributed by atoms with van der Waals surface area (Å²) in [7, 11) is 3.38. The maximum Gasteiger partial charge on any atom is 0.159 e. The minimum absolute atomic E-state index is 0.766. The van der Waals surface area contributed by atoms with Crippen LogP contribution in [0.25, 0.3) is 11.4 Å². The monoisotopic (exact) mass is 376 g/mol. The third kappa shape index (κ3) is 3.68. The Kier molecular flexibility index (Phi) is 5.21. The van der Waals surface area contributed by atoms with Crippen molar-refractivity contribution in [2.45, 2.75) is 26.4 Å². The summed E-state index contributed by atoms with van der Waals surface area (Å²) in [5, 5.41) is 0. The van der Waals surface area contributed by atoms with E-state index in [1.54, 1.807) is 26.6 Å². The van der Waals surface area contributed by atoms with Crippen LogP contribution in [0.5, 0.6) is 11.5 Å². The van der Waals surface area contributed by atoms with E-state index in [4.69, 9.17) is 14.5 Å². The van der Waals surface area contributed by atoms with Crippen LogP contribution < -0.4 is 9.47 Å². The van der Waals surface area contributed by atoms with Gasteiger partial charge in [-0.3, -0.25) is 9.88 Å². The molecule has 1 aliphatic rings. The first-order valence-electron chi connectivity index (χ1n) is 9.37. The molecule has 0 amide bonds. The lowest BCUT2D eigenvalue weighted by atomic mass is 10.0. The van der Waals surface area contributed by atoms with Crippen molar-refractivity contribution in [1.82, 2.24) is 19.9 Å². The summed E-state index contributed by atoms with van der Waals surface area (Å²) in [6, 6.07) is 7.88. The predicted molar refractivity (Wildman–Crippen MR) is 107 cm³/mol. The van der Waals surface area contributed by atoms with Gasteiger partial charge in [-0.1, -0.05) is 0 Å². The standard InChI is InChI=1S/C22H24N4O2/c1-15-10-18(27-2)11-21(28-3)19(15)14-26-9-6-20-17(13-26)12-24-22(25-20)16-4-7-23-8-5-16/h4-5,7-8,10-12H,6,9,13-14H2,1-3H3. The van der Waals surface area contributed by atoms with Crippen LogP contribution in [-0.4, -0.2) is 40.6 Å². The number of benzene rings is 1. The van der Waals surface area contributed by atoms with E-state index in [2.05, 4.69) is 27.9 Å². The fraction of sp³-hybridized carbons (Fsp3) is 0.318. The first-order valence-corrected chi connectivity index (χ1v) is 9.37. The Labute approximate surface area is 165 Å². The lowest BCUT2D eigenvalue weighted by Crippen LogP contribution is -2.31. The van der Waals surface area contributed by atoms with Crippen molar-refractivity contribution in [2.75, 3.05) is 20.8 Å². The van der Waals surface area contributed by atoms with Gasteiger partial charge in [0, 0.05) is 67.4 Å². The minimum atomic E-state index is 0.766. The van der Waals surface area contributed by atoms with E-state index in [0.717, 1.165) is 54.6 Å². The van der Waals surface area contributed by atoms with Crippen LogP contribution in [-0.2, 0) is 19.5 Å². The van der Waals surface area contributed by atoms with Gasteiger partial charge in [-0.15, -0.1) is 0 Å². The van der Waals surface area contributed by atoms with Gasteiger partial charge in [0.2, 0.25) is 0 Å². The van der Waals surface area contributed by atoms with Crippen molar-refractivity contribution >= 4 is 0 Å². The van der Waals surface area contributed by atoms with Crippen LogP contribution in [0, 0.1) is 6.92 Å². The Balaban J connectivity index is 1.54. The van der Waals surface area contributed by atoms with Crippen molar-refractivity contribution in [3.63, 3.8) is 0 Å². The molecule has 28 heavy (non-hydrogen) atoms. The summed E-state index contributed by atoms with van der Waals surface area (Å²) in [6.45, 7) is 4.71. The molecule has 144 valence electrons. The topological polar surface area (TPSA) is 60.4 Å². The Morgan fingerprint density at radius 1 is 1.11 bits per heavy atom.